The van der Waals surface area contributed by atoms with Gasteiger partial charge in [0.05, 0.1) is 11.2 Å². The molecule has 25 heavy (non-hydrogen) atoms. The summed E-state index contributed by atoms with van der Waals surface area (Å²) in [6.45, 7) is 0. The minimum absolute atomic E-state index is 0.154. The Bertz CT molecular complexity index is 1020. The molecule has 0 spiro atoms. The first-order valence-corrected chi connectivity index (χ1v) is 7.71. The molecule has 0 fully saturated rings. The van der Waals surface area contributed by atoms with Crippen molar-refractivity contribution >= 4 is 16.9 Å². The first-order chi connectivity index (χ1) is 12.3. The summed E-state index contributed by atoms with van der Waals surface area (Å²) in [6.07, 6.45) is 1.74. The van der Waals surface area contributed by atoms with E-state index < -0.39 is 0 Å². The second kappa shape index (κ2) is 6.45. The molecule has 0 aliphatic rings. The van der Waals surface area contributed by atoms with Crippen molar-refractivity contribution in [3.05, 3.63) is 79.0 Å². The van der Waals surface area contributed by atoms with E-state index in [1.165, 1.54) is 0 Å². The van der Waals surface area contributed by atoms with Crippen molar-refractivity contribution in [1.82, 2.24) is 9.61 Å². The van der Waals surface area contributed by atoms with Gasteiger partial charge < -0.3 is 9.84 Å². The zero-order chi connectivity index (χ0) is 17.1. The maximum absolute atomic E-state index is 9.91. The van der Waals surface area contributed by atoms with E-state index in [-0.39, 0.29) is 5.88 Å². The molecule has 0 radical (unpaired) electrons. The minimum Gasteiger partial charge on any atom is -0.491 e. The Morgan fingerprint density at radius 1 is 0.800 bits per heavy atom. The number of para-hydroxylation sites is 1. The topological polar surface area (TPSA) is 71.5 Å². The smallest absolute Gasteiger partial charge is 0.259 e. The molecule has 2 aromatic heterocycles. The number of benzene rings is 2. The van der Waals surface area contributed by atoms with E-state index in [1.807, 2.05) is 60.7 Å². The highest BCUT2D eigenvalue weighted by atomic mass is 16.5. The average molecular weight is 330 g/mol. The molecule has 2 heterocycles. The molecule has 1 N–H and O–H groups in total. The van der Waals surface area contributed by atoms with Crippen molar-refractivity contribution in [2.24, 2.45) is 10.2 Å². The quantitative estimate of drug-likeness (QED) is 0.520. The second-order valence-corrected chi connectivity index (χ2v) is 5.31. The highest BCUT2D eigenvalue weighted by Gasteiger charge is 2.10. The molecule has 0 atom stereocenters. The van der Waals surface area contributed by atoms with Gasteiger partial charge in [0.15, 0.2) is 5.69 Å². The van der Waals surface area contributed by atoms with Crippen LogP contribution in [0.1, 0.15) is 0 Å². The van der Waals surface area contributed by atoms with Gasteiger partial charge in [-0.2, -0.15) is 5.11 Å². The number of azo groups is 1. The van der Waals surface area contributed by atoms with Crippen LogP contribution < -0.4 is 4.74 Å². The molecule has 2 aromatic carbocycles. The molecule has 0 amide bonds. The summed E-state index contributed by atoms with van der Waals surface area (Å²) in [4.78, 5) is 0. The average Bonchev–Trinajstić information content (AvgIpc) is 2.97. The predicted molar refractivity (Wildman–Crippen MR) is 94.0 cm³/mol. The Balaban J connectivity index is 1.54. The molecule has 0 aliphatic heterocycles. The van der Waals surface area contributed by atoms with Gasteiger partial charge in [-0.25, -0.2) is 4.52 Å². The van der Waals surface area contributed by atoms with Crippen LogP contribution in [-0.2, 0) is 0 Å². The van der Waals surface area contributed by atoms with Gasteiger partial charge in [0.2, 0.25) is 0 Å². The summed E-state index contributed by atoms with van der Waals surface area (Å²) in [5.74, 6) is 1.33. The fraction of sp³-hybridized carbons (Fsp3) is 0. The lowest BCUT2D eigenvalue weighted by Gasteiger charge is -2.04. The van der Waals surface area contributed by atoms with Crippen LogP contribution in [0, 0.1) is 0 Å². The number of pyridine rings is 1. The summed E-state index contributed by atoms with van der Waals surface area (Å²) in [6, 6.07) is 22.3. The van der Waals surface area contributed by atoms with Gasteiger partial charge >= 0.3 is 0 Å². The zero-order valence-electron chi connectivity index (χ0n) is 13.1. The van der Waals surface area contributed by atoms with Crippen molar-refractivity contribution in [2.75, 3.05) is 0 Å². The van der Waals surface area contributed by atoms with Crippen molar-refractivity contribution in [1.29, 1.82) is 0 Å². The van der Waals surface area contributed by atoms with E-state index in [2.05, 4.69) is 15.3 Å². The van der Waals surface area contributed by atoms with Crippen LogP contribution in [0.25, 0.3) is 5.52 Å². The van der Waals surface area contributed by atoms with Crippen LogP contribution in [0.15, 0.2) is 89.2 Å². The molecule has 4 rings (SSSR count). The summed E-state index contributed by atoms with van der Waals surface area (Å²) in [7, 11) is 0. The van der Waals surface area contributed by atoms with E-state index in [0.717, 1.165) is 5.75 Å². The van der Waals surface area contributed by atoms with E-state index in [0.29, 0.717) is 22.6 Å². The van der Waals surface area contributed by atoms with Crippen molar-refractivity contribution in [2.45, 2.75) is 0 Å². The number of fused-ring (bicyclic) bond motifs is 1. The minimum atomic E-state index is -0.154. The van der Waals surface area contributed by atoms with Crippen LogP contribution in [0.5, 0.6) is 17.4 Å². The Hall–Kier alpha value is -3.67. The Morgan fingerprint density at radius 2 is 1.52 bits per heavy atom. The molecule has 0 unspecified atom stereocenters. The first kappa shape index (κ1) is 14.9. The highest BCUT2D eigenvalue weighted by Crippen LogP contribution is 2.32. The SMILES string of the molecule is Oc1nn2ccccc2c1/N=N/c1ccc(Oc2ccccc2)cc1. The van der Waals surface area contributed by atoms with Gasteiger partial charge in [0.25, 0.3) is 5.88 Å². The lowest BCUT2D eigenvalue weighted by atomic mass is 10.3. The fourth-order valence-electron chi connectivity index (χ4n) is 2.38. The van der Waals surface area contributed by atoms with Crippen LogP contribution in [0.4, 0.5) is 11.4 Å². The highest BCUT2D eigenvalue weighted by molar-refractivity contribution is 5.73. The lowest BCUT2D eigenvalue weighted by molar-refractivity contribution is 0.450. The molecule has 0 bridgehead atoms. The molecular weight excluding hydrogens is 316 g/mol. The van der Waals surface area contributed by atoms with Crippen LogP contribution in [-0.4, -0.2) is 14.7 Å². The Labute approximate surface area is 143 Å². The van der Waals surface area contributed by atoms with Gasteiger partial charge in [-0.1, -0.05) is 24.3 Å². The third kappa shape index (κ3) is 3.18. The summed E-state index contributed by atoms with van der Waals surface area (Å²) >= 11 is 0. The number of hydrogen-bond donors (Lipinski definition) is 1. The molecule has 0 aliphatic carbocycles. The Kier molecular flexibility index (Phi) is 3.84. The van der Waals surface area contributed by atoms with E-state index in [1.54, 1.807) is 22.8 Å². The van der Waals surface area contributed by atoms with Crippen molar-refractivity contribution in [3.8, 4) is 17.4 Å². The van der Waals surface area contributed by atoms with Crippen molar-refractivity contribution < 1.29 is 9.84 Å². The largest absolute Gasteiger partial charge is 0.491 e. The van der Waals surface area contributed by atoms with Crippen LogP contribution in [0.2, 0.25) is 0 Å². The first-order valence-electron chi connectivity index (χ1n) is 7.71. The standard InChI is InChI=1S/C19H14N4O2/c24-19-18(17-8-4-5-13-23(17)22-19)21-20-14-9-11-16(12-10-14)25-15-6-2-1-3-7-15/h1-13H,(H,22,24)/b21-20+. The second-order valence-electron chi connectivity index (χ2n) is 5.31. The van der Waals surface area contributed by atoms with Crippen LogP contribution in [0.3, 0.4) is 0 Å². The fourth-order valence-corrected chi connectivity index (χ4v) is 2.38. The molecular formula is C19H14N4O2. The number of aromatic hydroxyl groups is 1. The summed E-state index contributed by atoms with van der Waals surface area (Å²) in [5, 5.41) is 22.2. The molecule has 6 heteroatoms. The third-order valence-electron chi connectivity index (χ3n) is 3.58. The summed E-state index contributed by atoms with van der Waals surface area (Å²) in [5.41, 5.74) is 1.67. The number of aromatic nitrogens is 2. The van der Waals surface area contributed by atoms with Gasteiger partial charge in [0, 0.05) is 6.20 Å². The van der Waals surface area contributed by atoms with Crippen molar-refractivity contribution in [3.63, 3.8) is 0 Å². The van der Waals surface area contributed by atoms with Gasteiger partial charge in [-0.05, 0) is 48.5 Å². The normalized spacial score (nSPS) is 11.2. The predicted octanol–water partition coefficient (Wildman–Crippen LogP) is 5.25. The maximum Gasteiger partial charge on any atom is 0.259 e. The number of rotatable bonds is 4. The van der Waals surface area contributed by atoms with Crippen LogP contribution >= 0.6 is 0 Å². The zero-order valence-corrected chi connectivity index (χ0v) is 13.1. The molecule has 0 saturated carbocycles. The van der Waals surface area contributed by atoms with E-state index in [9.17, 15) is 5.11 Å². The molecule has 122 valence electrons. The van der Waals surface area contributed by atoms with Gasteiger partial charge in [-0.15, -0.1) is 10.2 Å². The van der Waals surface area contributed by atoms with E-state index >= 15 is 0 Å². The van der Waals surface area contributed by atoms with E-state index in [4.69, 9.17) is 4.74 Å². The molecule has 6 nitrogen and oxygen atoms in total. The van der Waals surface area contributed by atoms with Gasteiger partial charge in [0.1, 0.15) is 11.5 Å². The number of hydrogen-bond acceptors (Lipinski definition) is 5. The van der Waals surface area contributed by atoms with Gasteiger partial charge in [-0.3, -0.25) is 0 Å². The Morgan fingerprint density at radius 3 is 2.32 bits per heavy atom. The monoisotopic (exact) mass is 330 g/mol. The maximum atomic E-state index is 9.91. The summed E-state index contributed by atoms with van der Waals surface area (Å²) < 4.78 is 7.29. The molecule has 4 aromatic rings. The molecule has 0 saturated heterocycles. The number of ether oxygens (including phenoxy) is 1. The third-order valence-corrected chi connectivity index (χ3v) is 3.58. The lowest BCUT2D eigenvalue weighted by Crippen LogP contribution is -1.82. The number of nitrogens with zero attached hydrogens (tertiary/aromatic N) is 4.